The Morgan fingerprint density at radius 2 is 1.59 bits per heavy atom. The minimum absolute atomic E-state index is 0.0556. The third-order valence-corrected chi connectivity index (χ3v) is 7.02. The summed E-state index contributed by atoms with van der Waals surface area (Å²) >= 11 is 5.84. The van der Waals surface area contributed by atoms with Crippen LogP contribution in [-0.4, -0.2) is 70.3 Å². The average Bonchev–Trinajstić information content (AvgIpc) is 2.73. The maximum absolute atomic E-state index is 12.8. The molecule has 0 aliphatic carbocycles. The van der Waals surface area contributed by atoms with Crippen molar-refractivity contribution in [2.45, 2.75) is 4.90 Å². The summed E-state index contributed by atoms with van der Waals surface area (Å²) in [4.78, 5) is 14.8. The molecule has 0 radical (unpaired) electrons. The number of Topliss-reactive ketones (excluding diaryl/α,β-unsaturated/α-hetero) is 1. The molecule has 1 fully saturated rings. The van der Waals surface area contributed by atoms with Crippen molar-refractivity contribution in [2.24, 2.45) is 0 Å². The Bertz CT molecular complexity index is 971. The van der Waals surface area contributed by atoms with Gasteiger partial charge in [0.2, 0.25) is 10.0 Å². The normalized spacial score (nSPS) is 15.8. The van der Waals surface area contributed by atoms with E-state index in [4.69, 9.17) is 21.1 Å². The van der Waals surface area contributed by atoms with Gasteiger partial charge >= 0.3 is 0 Å². The number of hydrogen-bond acceptors (Lipinski definition) is 6. The number of piperazine rings is 1. The summed E-state index contributed by atoms with van der Waals surface area (Å²) in [7, 11) is -0.508. The van der Waals surface area contributed by atoms with Crippen LogP contribution in [0.15, 0.2) is 47.4 Å². The lowest BCUT2D eigenvalue weighted by molar-refractivity contribution is 0.0901. The molecular weight excluding hydrogens is 416 g/mol. The van der Waals surface area contributed by atoms with E-state index in [-0.39, 0.29) is 17.2 Å². The lowest BCUT2D eigenvalue weighted by Crippen LogP contribution is -2.49. The molecule has 9 heteroatoms. The first-order chi connectivity index (χ1) is 13.8. The van der Waals surface area contributed by atoms with E-state index in [2.05, 4.69) is 0 Å². The first-order valence-corrected chi connectivity index (χ1v) is 10.9. The van der Waals surface area contributed by atoms with Crippen LogP contribution in [-0.2, 0) is 10.0 Å². The minimum atomic E-state index is -3.57. The Morgan fingerprint density at radius 1 is 0.966 bits per heavy atom. The van der Waals surface area contributed by atoms with Gasteiger partial charge in [0.1, 0.15) is 0 Å². The van der Waals surface area contributed by atoms with Gasteiger partial charge < -0.3 is 9.47 Å². The van der Waals surface area contributed by atoms with E-state index in [1.165, 1.54) is 30.7 Å². The third-order valence-electron chi connectivity index (χ3n) is 4.86. The van der Waals surface area contributed by atoms with Crippen molar-refractivity contribution in [2.75, 3.05) is 46.9 Å². The van der Waals surface area contributed by atoms with E-state index >= 15 is 0 Å². The van der Waals surface area contributed by atoms with Crippen LogP contribution < -0.4 is 9.47 Å². The van der Waals surface area contributed by atoms with Crippen LogP contribution in [0.3, 0.4) is 0 Å². The van der Waals surface area contributed by atoms with Crippen LogP contribution in [0.4, 0.5) is 0 Å². The molecule has 3 rings (SSSR count). The summed E-state index contributed by atoms with van der Waals surface area (Å²) in [6.45, 7) is 1.82. The van der Waals surface area contributed by atoms with Gasteiger partial charge in [-0.05, 0) is 42.5 Å². The molecular formula is C20H23ClN2O5S. The molecule has 1 aliphatic heterocycles. The highest BCUT2D eigenvalue weighted by atomic mass is 35.5. The van der Waals surface area contributed by atoms with Crippen molar-refractivity contribution in [1.29, 1.82) is 0 Å². The zero-order valence-electron chi connectivity index (χ0n) is 16.3. The predicted octanol–water partition coefficient (Wildman–Crippen LogP) is 2.55. The molecule has 2 aromatic rings. The number of halogens is 1. The highest BCUT2D eigenvalue weighted by Gasteiger charge is 2.29. The number of methoxy groups -OCH3 is 2. The SMILES string of the molecule is COc1ccc(C(=O)CN2CCN(S(=O)(=O)c3ccc(Cl)cc3)CC2)cc1OC. The van der Waals surface area contributed by atoms with E-state index in [0.29, 0.717) is 48.3 Å². The van der Waals surface area contributed by atoms with Crippen LogP contribution in [0.2, 0.25) is 5.02 Å². The zero-order valence-corrected chi connectivity index (χ0v) is 17.9. The van der Waals surface area contributed by atoms with Crippen LogP contribution in [0, 0.1) is 0 Å². The second-order valence-corrected chi connectivity index (χ2v) is 9.00. The van der Waals surface area contributed by atoms with Crippen LogP contribution in [0.5, 0.6) is 11.5 Å². The van der Waals surface area contributed by atoms with Crippen molar-refractivity contribution < 1.29 is 22.7 Å². The molecule has 1 aliphatic rings. The molecule has 7 nitrogen and oxygen atoms in total. The Morgan fingerprint density at radius 3 is 2.17 bits per heavy atom. The van der Waals surface area contributed by atoms with E-state index in [1.54, 1.807) is 30.3 Å². The predicted molar refractivity (Wildman–Crippen MR) is 111 cm³/mol. The van der Waals surface area contributed by atoms with E-state index in [1.807, 2.05) is 4.90 Å². The quantitative estimate of drug-likeness (QED) is 0.618. The lowest BCUT2D eigenvalue weighted by atomic mass is 10.1. The molecule has 1 saturated heterocycles. The fourth-order valence-corrected chi connectivity index (χ4v) is 4.74. The number of hydrogen-bond donors (Lipinski definition) is 0. The van der Waals surface area contributed by atoms with Gasteiger partial charge in [-0.2, -0.15) is 4.31 Å². The Labute approximate surface area is 175 Å². The van der Waals surface area contributed by atoms with E-state index in [0.717, 1.165) is 0 Å². The first-order valence-electron chi connectivity index (χ1n) is 9.08. The third kappa shape index (κ3) is 4.90. The molecule has 29 heavy (non-hydrogen) atoms. The number of rotatable bonds is 7. The number of ether oxygens (including phenoxy) is 2. The van der Waals surface area contributed by atoms with Gasteiger partial charge in [-0.3, -0.25) is 9.69 Å². The highest BCUT2D eigenvalue weighted by molar-refractivity contribution is 7.89. The maximum Gasteiger partial charge on any atom is 0.243 e. The number of carbonyl (C=O) groups excluding carboxylic acids is 1. The summed E-state index contributed by atoms with van der Waals surface area (Å²) in [5, 5.41) is 0.488. The van der Waals surface area contributed by atoms with Crippen LogP contribution in [0.25, 0.3) is 0 Å². The highest BCUT2D eigenvalue weighted by Crippen LogP contribution is 2.28. The summed E-state index contributed by atoms with van der Waals surface area (Å²) in [6, 6.07) is 11.2. The molecule has 0 unspecified atom stereocenters. The van der Waals surface area contributed by atoms with Gasteiger partial charge in [-0.25, -0.2) is 8.42 Å². The molecule has 0 aromatic heterocycles. The topological polar surface area (TPSA) is 76.2 Å². The molecule has 0 amide bonds. The fraction of sp³-hybridized carbons (Fsp3) is 0.350. The summed E-state index contributed by atoms with van der Waals surface area (Å²) in [6.07, 6.45) is 0. The van der Waals surface area contributed by atoms with Gasteiger partial charge in [-0.1, -0.05) is 11.6 Å². The summed E-state index contributed by atoms with van der Waals surface area (Å²) in [5.41, 5.74) is 0.527. The van der Waals surface area contributed by atoms with Gasteiger partial charge in [0.25, 0.3) is 0 Å². The first kappa shape index (κ1) is 21.6. The monoisotopic (exact) mass is 438 g/mol. The average molecular weight is 439 g/mol. The molecule has 0 N–H and O–H groups in total. The van der Waals surface area contributed by atoms with Gasteiger partial charge in [-0.15, -0.1) is 0 Å². The number of benzene rings is 2. The molecule has 0 atom stereocenters. The van der Waals surface area contributed by atoms with Crippen LogP contribution >= 0.6 is 11.6 Å². The van der Waals surface area contributed by atoms with Crippen molar-refractivity contribution in [1.82, 2.24) is 9.21 Å². The largest absolute Gasteiger partial charge is 0.493 e. The van der Waals surface area contributed by atoms with Crippen molar-refractivity contribution in [3.63, 3.8) is 0 Å². The molecule has 0 bridgehead atoms. The van der Waals surface area contributed by atoms with Gasteiger partial charge in [0, 0.05) is 36.8 Å². The van der Waals surface area contributed by atoms with Crippen molar-refractivity contribution in [3.8, 4) is 11.5 Å². The number of carbonyl (C=O) groups is 1. The van der Waals surface area contributed by atoms with Gasteiger partial charge in [0.15, 0.2) is 17.3 Å². The second-order valence-electron chi connectivity index (χ2n) is 6.63. The Hall–Kier alpha value is -2.13. The Balaban J connectivity index is 1.61. The summed E-state index contributed by atoms with van der Waals surface area (Å²) < 4.78 is 37.4. The molecule has 0 saturated carbocycles. The maximum atomic E-state index is 12.8. The zero-order chi connectivity index (χ0) is 21.0. The number of sulfonamides is 1. The van der Waals surface area contributed by atoms with E-state index < -0.39 is 10.0 Å². The number of nitrogens with zero attached hydrogens (tertiary/aromatic N) is 2. The number of ketones is 1. The van der Waals surface area contributed by atoms with Crippen LogP contribution in [0.1, 0.15) is 10.4 Å². The Kier molecular flexibility index (Phi) is 6.79. The minimum Gasteiger partial charge on any atom is -0.493 e. The smallest absolute Gasteiger partial charge is 0.243 e. The van der Waals surface area contributed by atoms with Gasteiger partial charge in [0.05, 0.1) is 25.7 Å². The molecule has 2 aromatic carbocycles. The standard InChI is InChI=1S/C20H23ClN2O5S/c1-27-19-8-3-15(13-20(19)28-2)18(24)14-22-9-11-23(12-10-22)29(25,26)17-6-4-16(21)5-7-17/h3-8,13H,9-12,14H2,1-2H3. The molecule has 0 spiro atoms. The van der Waals surface area contributed by atoms with Crippen molar-refractivity contribution in [3.05, 3.63) is 53.1 Å². The lowest BCUT2D eigenvalue weighted by Gasteiger charge is -2.33. The van der Waals surface area contributed by atoms with Crippen molar-refractivity contribution >= 4 is 27.4 Å². The fourth-order valence-electron chi connectivity index (χ4n) is 3.19. The second kappa shape index (κ2) is 9.13. The molecule has 156 valence electrons. The summed E-state index contributed by atoms with van der Waals surface area (Å²) in [5.74, 6) is 1.00. The van der Waals surface area contributed by atoms with E-state index in [9.17, 15) is 13.2 Å². The molecule has 1 heterocycles.